The number of benzene rings is 1. The molecule has 0 aromatic heterocycles. The number of halogens is 1. The lowest BCUT2D eigenvalue weighted by Crippen LogP contribution is -2.19. The molecular formula is C12H15ClN2O2. The highest BCUT2D eigenvalue weighted by Crippen LogP contribution is 2.23. The van der Waals surface area contributed by atoms with Crippen LogP contribution < -0.4 is 10.5 Å². The third-order valence-electron chi connectivity index (χ3n) is 2.68. The predicted molar refractivity (Wildman–Crippen MR) is 66.9 cm³/mol. The summed E-state index contributed by atoms with van der Waals surface area (Å²) in [5.41, 5.74) is 6.00. The first-order valence-electron chi connectivity index (χ1n) is 5.55. The number of nitrogen functional groups attached to an aromatic ring is 1. The van der Waals surface area contributed by atoms with Crippen molar-refractivity contribution in [2.24, 2.45) is 5.73 Å². The standard InChI is InChI=1S/C12H15ClN2O2/c13-8-3-4-11(10(6-8)12(14)15)17-7-9-2-1-5-16-9/h3-4,6,9H,1-2,5,7H2,(H3,14,15). The minimum Gasteiger partial charge on any atom is -0.490 e. The van der Waals surface area contributed by atoms with E-state index in [9.17, 15) is 0 Å². The van der Waals surface area contributed by atoms with Gasteiger partial charge in [-0.2, -0.15) is 0 Å². The van der Waals surface area contributed by atoms with Gasteiger partial charge in [0.2, 0.25) is 0 Å². The Morgan fingerprint density at radius 2 is 2.41 bits per heavy atom. The lowest BCUT2D eigenvalue weighted by atomic mass is 10.2. The van der Waals surface area contributed by atoms with E-state index in [1.165, 1.54) is 0 Å². The van der Waals surface area contributed by atoms with Crippen LogP contribution in [0.25, 0.3) is 0 Å². The van der Waals surface area contributed by atoms with Gasteiger partial charge in [0, 0.05) is 11.6 Å². The van der Waals surface area contributed by atoms with E-state index < -0.39 is 0 Å². The minimum absolute atomic E-state index is 0.0464. The summed E-state index contributed by atoms with van der Waals surface area (Å²) in [5.74, 6) is 0.534. The van der Waals surface area contributed by atoms with Gasteiger partial charge in [0.05, 0.1) is 11.7 Å². The second-order valence-corrected chi connectivity index (χ2v) is 4.44. The van der Waals surface area contributed by atoms with Crippen molar-refractivity contribution in [1.29, 1.82) is 5.41 Å². The summed E-state index contributed by atoms with van der Waals surface area (Å²) in [7, 11) is 0. The largest absolute Gasteiger partial charge is 0.490 e. The van der Waals surface area contributed by atoms with Crippen molar-refractivity contribution in [2.75, 3.05) is 13.2 Å². The van der Waals surface area contributed by atoms with E-state index >= 15 is 0 Å². The molecule has 0 aliphatic carbocycles. The molecule has 1 aliphatic heterocycles. The summed E-state index contributed by atoms with van der Waals surface area (Å²) in [6, 6.07) is 5.08. The predicted octanol–water partition coefficient (Wildman–Crippen LogP) is 2.18. The Labute approximate surface area is 105 Å². The van der Waals surface area contributed by atoms with Gasteiger partial charge in [-0.15, -0.1) is 0 Å². The molecule has 1 saturated heterocycles. The van der Waals surface area contributed by atoms with Crippen LogP contribution >= 0.6 is 11.6 Å². The lowest BCUT2D eigenvalue weighted by Gasteiger charge is -2.14. The van der Waals surface area contributed by atoms with Gasteiger partial charge in [-0.05, 0) is 31.0 Å². The van der Waals surface area contributed by atoms with Gasteiger partial charge >= 0.3 is 0 Å². The van der Waals surface area contributed by atoms with Gasteiger partial charge < -0.3 is 15.2 Å². The maximum Gasteiger partial charge on any atom is 0.130 e. The maximum atomic E-state index is 7.47. The summed E-state index contributed by atoms with van der Waals surface area (Å²) >= 11 is 5.86. The van der Waals surface area contributed by atoms with Crippen molar-refractivity contribution in [3.8, 4) is 5.75 Å². The van der Waals surface area contributed by atoms with Crippen LogP contribution in [0.3, 0.4) is 0 Å². The van der Waals surface area contributed by atoms with Gasteiger partial charge in [0.15, 0.2) is 0 Å². The smallest absolute Gasteiger partial charge is 0.130 e. The molecule has 0 radical (unpaired) electrons. The summed E-state index contributed by atoms with van der Waals surface area (Å²) in [5, 5.41) is 8.01. The molecular weight excluding hydrogens is 240 g/mol. The molecule has 2 rings (SSSR count). The average Bonchev–Trinajstić information content (AvgIpc) is 2.80. The molecule has 4 nitrogen and oxygen atoms in total. The monoisotopic (exact) mass is 254 g/mol. The fourth-order valence-electron chi connectivity index (χ4n) is 1.80. The Morgan fingerprint density at radius 1 is 1.59 bits per heavy atom. The van der Waals surface area contributed by atoms with E-state index in [2.05, 4.69) is 0 Å². The zero-order valence-electron chi connectivity index (χ0n) is 9.41. The lowest BCUT2D eigenvalue weighted by molar-refractivity contribution is 0.0679. The molecule has 0 saturated carbocycles. The molecule has 0 amide bonds. The van der Waals surface area contributed by atoms with Crippen molar-refractivity contribution in [2.45, 2.75) is 18.9 Å². The molecule has 3 N–H and O–H groups in total. The quantitative estimate of drug-likeness (QED) is 0.639. The molecule has 0 bridgehead atoms. The molecule has 1 heterocycles. The third-order valence-corrected chi connectivity index (χ3v) is 2.92. The van der Waals surface area contributed by atoms with E-state index in [1.54, 1.807) is 18.2 Å². The number of nitrogens with one attached hydrogen (secondary N) is 1. The molecule has 1 atom stereocenters. The van der Waals surface area contributed by atoms with Gasteiger partial charge in [-0.3, -0.25) is 5.41 Å². The highest BCUT2D eigenvalue weighted by atomic mass is 35.5. The van der Waals surface area contributed by atoms with Gasteiger partial charge in [0.1, 0.15) is 18.2 Å². The molecule has 17 heavy (non-hydrogen) atoms. The number of hydrogen-bond donors (Lipinski definition) is 2. The first-order chi connectivity index (χ1) is 8.16. The molecule has 1 aromatic rings. The van der Waals surface area contributed by atoms with Gasteiger partial charge in [-0.25, -0.2) is 0 Å². The molecule has 92 valence electrons. The van der Waals surface area contributed by atoms with E-state index in [0.29, 0.717) is 22.9 Å². The molecule has 1 aromatic carbocycles. The SMILES string of the molecule is N=C(N)c1cc(Cl)ccc1OCC1CCCO1. The van der Waals surface area contributed by atoms with Gasteiger partial charge in [0.25, 0.3) is 0 Å². The molecule has 1 unspecified atom stereocenters. The zero-order valence-corrected chi connectivity index (χ0v) is 10.2. The highest BCUT2D eigenvalue weighted by Gasteiger charge is 2.17. The molecule has 1 fully saturated rings. The number of ether oxygens (including phenoxy) is 2. The van der Waals surface area contributed by atoms with Crippen LogP contribution in [0.2, 0.25) is 5.02 Å². The topological polar surface area (TPSA) is 68.3 Å². The van der Waals surface area contributed by atoms with E-state index in [4.69, 9.17) is 32.2 Å². The Balaban J connectivity index is 2.06. The van der Waals surface area contributed by atoms with Crippen LogP contribution in [0.1, 0.15) is 18.4 Å². The van der Waals surface area contributed by atoms with Crippen LogP contribution in [-0.4, -0.2) is 25.2 Å². The second-order valence-electron chi connectivity index (χ2n) is 4.00. The number of rotatable bonds is 4. The fraction of sp³-hybridized carbons (Fsp3) is 0.417. The zero-order chi connectivity index (χ0) is 12.3. The third kappa shape index (κ3) is 3.11. The normalized spacial score (nSPS) is 19.2. The molecule has 0 spiro atoms. The Hall–Kier alpha value is -1.26. The first kappa shape index (κ1) is 12.2. The number of hydrogen-bond acceptors (Lipinski definition) is 3. The van der Waals surface area contributed by atoms with Crippen molar-refractivity contribution >= 4 is 17.4 Å². The van der Waals surface area contributed by atoms with Crippen LogP contribution in [0.5, 0.6) is 5.75 Å². The summed E-state index contributed by atoms with van der Waals surface area (Å²) in [4.78, 5) is 0. The Kier molecular flexibility index (Phi) is 3.86. The van der Waals surface area contributed by atoms with Crippen LogP contribution in [0, 0.1) is 5.41 Å². The van der Waals surface area contributed by atoms with Crippen molar-refractivity contribution in [3.63, 3.8) is 0 Å². The Bertz CT molecular complexity index is 417. The molecule has 1 aliphatic rings. The van der Waals surface area contributed by atoms with Crippen molar-refractivity contribution in [1.82, 2.24) is 0 Å². The van der Waals surface area contributed by atoms with E-state index in [0.717, 1.165) is 19.4 Å². The summed E-state index contributed by atoms with van der Waals surface area (Å²) in [6.07, 6.45) is 2.24. The summed E-state index contributed by atoms with van der Waals surface area (Å²) < 4.78 is 11.1. The Morgan fingerprint density at radius 3 is 3.06 bits per heavy atom. The first-order valence-corrected chi connectivity index (χ1v) is 5.93. The highest BCUT2D eigenvalue weighted by molar-refractivity contribution is 6.31. The summed E-state index contributed by atoms with van der Waals surface area (Å²) in [6.45, 7) is 1.29. The average molecular weight is 255 g/mol. The molecule has 5 heteroatoms. The number of amidine groups is 1. The van der Waals surface area contributed by atoms with Crippen molar-refractivity contribution in [3.05, 3.63) is 28.8 Å². The maximum absolute atomic E-state index is 7.47. The van der Waals surface area contributed by atoms with Crippen molar-refractivity contribution < 1.29 is 9.47 Å². The minimum atomic E-state index is -0.0464. The number of nitrogens with two attached hydrogens (primary N) is 1. The van der Waals surface area contributed by atoms with Crippen LogP contribution in [-0.2, 0) is 4.74 Å². The van der Waals surface area contributed by atoms with Crippen LogP contribution in [0.4, 0.5) is 0 Å². The second kappa shape index (κ2) is 5.38. The van der Waals surface area contributed by atoms with E-state index in [-0.39, 0.29) is 11.9 Å². The fourth-order valence-corrected chi connectivity index (χ4v) is 1.97. The van der Waals surface area contributed by atoms with Crippen LogP contribution in [0.15, 0.2) is 18.2 Å². The van der Waals surface area contributed by atoms with Gasteiger partial charge in [-0.1, -0.05) is 11.6 Å². The van der Waals surface area contributed by atoms with E-state index in [1.807, 2.05) is 0 Å².